The Bertz CT molecular complexity index is 812. The lowest BCUT2D eigenvalue weighted by atomic mass is 10.2. The topological polar surface area (TPSA) is 72.5 Å². The van der Waals surface area contributed by atoms with Crippen LogP contribution in [0.4, 0.5) is 0 Å². The Morgan fingerprint density at radius 3 is 2.44 bits per heavy atom. The molecule has 0 unspecified atom stereocenters. The highest BCUT2D eigenvalue weighted by Gasteiger charge is 2.08. The van der Waals surface area contributed by atoms with Crippen molar-refractivity contribution < 1.29 is 17.9 Å². The van der Waals surface area contributed by atoms with E-state index < -0.39 is 16.0 Å². The molecule has 0 aliphatic heterocycles. The van der Waals surface area contributed by atoms with E-state index in [-0.39, 0.29) is 19.6 Å². The average molecular weight is 359 g/mol. The van der Waals surface area contributed by atoms with Crippen LogP contribution in [0.3, 0.4) is 0 Å². The first-order chi connectivity index (χ1) is 11.9. The molecule has 0 aliphatic rings. The number of nitrogens with one attached hydrogen (secondary N) is 1. The molecule has 0 heterocycles. The van der Waals surface area contributed by atoms with Crippen LogP contribution < -0.4 is 4.72 Å². The van der Waals surface area contributed by atoms with Crippen molar-refractivity contribution in [1.29, 1.82) is 0 Å². The Kier molecular flexibility index (Phi) is 6.91. The minimum absolute atomic E-state index is 0.00576. The van der Waals surface area contributed by atoms with Gasteiger partial charge in [-0.05, 0) is 24.1 Å². The minimum Gasteiger partial charge on any atom is -0.461 e. The fourth-order valence-electron chi connectivity index (χ4n) is 2.00. The number of ether oxygens (including phenoxy) is 1. The zero-order valence-electron chi connectivity index (χ0n) is 14.0. The van der Waals surface area contributed by atoms with Crippen LogP contribution in [-0.4, -0.2) is 20.9 Å². The fourth-order valence-corrected chi connectivity index (χ4v) is 2.82. The van der Waals surface area contributed by atoms with Crippen molar-refractivity contribution in [1.82, 2.24) is 4.72 Å². The molecule has 0 aromatic heterocycles. The summed E-state index contributed by atoms with van der Waals surface area (Å²) in [6.07, 6.45) is 1.49. The van der Waals surface area contributed by atoms with Crippen molar-refractivity contribution in [2.24, 2.45) is 0 Å². The van der Waals surface area contributed by atoms with Crippen molar-refractivity contribution in [2.45, 2.75) is 20.0 Å². The second-order valence-corrected chi connectivity index (χ2v) is 7.20. The van der Waals surface area contributed by atoms with E-state index in [0.29, 0.717) is 0 Å². The number of hydrogen-bond acceptors (Lipinski definition) is 4. The first kappa shape index (κ1) is 18.9. The summed E-state index contributed by atoms with van der Waals surface area (Å²) in [7, 11) is -3.59. The minimum atomic E-state index is -3.59. The van der Waals surface area contributed by atoms with Crippen LogP contribution in [0.2, 0.25) is 0 Å². The van der Waals surface area contributed by atoms with Gasteiger partial charge in [0.15, 0.2) is 0 Å². The van der Waals surface area contributed by atoms with Crippen LogP contribution in [0.5, 0.6) is 0 Å². The molecular formula is C19H21NO4S. The predicted octanol–water partition coefficient (Wildman–Crippen LogP) is 3.02. The molecule has 0 amide bonds. The van der Waals surface area contributed by atoms with Crippen LogP contribution in [0, 0.1) is 6.92 Å². The fraction of sp³-hybridized carbons (Fsp3) is 0.211. The predicted molar refractivity (Wildman–Crippen MR) is 98.0 cm³/mol. The van der Waals surface area contributed by atoms with Gasteiger partial charge in [-0.1, -0.05) is 60.2 Å². The average Bonchev–Trinajstić information content (AvgIpc) is 2.60. The standard InChI is InChI=1S/C19H21NO4S/c1-16-7-9-17(10-8-16)12-14-25(22,23)20-13-11-19(21)24-15-18-5-3-2-4-6-18/h2-10,12,14,20H,11,13,15H2,1H3/b14-12+. The van der Waals surface area contributed by atoms with Crippen molar-refractivity contribution in [3.8, 4) is 0 Å². The van der Waals surface area contributed by atoms with E-state index in [1.165, 1.54) is 6.08 Å². The van der Waals surface area contributed by atoms with Gasteiger partial charge in [0, 0.05) is 12.0 Å². The summed E-state index contributed by atoms with van der Waals surface area (Å²) in [6.45, 7) is 2.14. The van der Waals surface area contributed by atoms with Gasteiger partial charge < -0.3 is 4.74 Å². The van der Waals surface area contributed by atoms with Gasteiger partial charge in [-0.2, -0.15) is 0 Å². The summed E-state index contributed by atoms with van der Waals surface area (Å²) in [5.41, 5.74) is 2.78. The molecule has 0 atom stereocenters. The van der Waals surface area contributed by atoms with Crippen LogP contribution >= 0.6 is 0 Å². The maximum Gasteiger partial charge on any atom is 0.307 e. The smallest absolute Gasteiger partial charge is 0.307 e. The highest BCUT2D eigenvalue weighted by atomic mass is 32.2. The lowest BCUT2D eigenvalue weighted by Crippen LogP contribution is -2.24. The number of sulfonamides is 1. The third-order valence-electron chi connectivity index (χ3n) is 3.39. The monoisotopic (exact) mass is 359 g/mol. The van der Waals surface area contributed by atoms with E-state index in [2.05, 4.69) is 4.72 Å². The number of carbonyl (C=O) groups excluding carboxylic acids is 1. The van der Waals surface area contributed by atoms with Crippen LogP contribution in [-0.2, 0) is 26.2 Å². The molecule has 0 fully saturated rings. The molecule has 0 bridgehead atoms. The molecule has 132 valence electrons. The number of carbonyl (C=O) groups is 1. The summed E-state index contributed by atoms with van der Waals surface area (Å²) in [5, 5.41) is 1.09. The molecule has 2 rings (SSSR count). The number of rotatable bonds is 8. The summed E-state index contributed by atoms with van der Waals surface area (Å²) in [4.78, 5) is 11.6. The molecule has 0 saturated heterocycles. The van der Waals surface area contributed by atoms with Gasteiger partial charge in [0.05, 0.1) is 6.42 Å². The number of aryl methyl sites for hydroxylation is 1. The summed E-state index contributed by atoms with van der Waals surface area (Å²) in [6, 6.07) is 16.8. The lowest BCUT2D eigenvalue weighted by molar-refractivity contribution is -0.144. The molecule has 0 aliphatic carbocycles. The van der Waals surface area contributed by atoms with E-state index in [9.17, 15) is 13.2 Å². The van der Waals surface area contributed by atoms with E-state index in [4.69, 9.17) is 4.74 Å². The van der Waals surface area contributed by atoms with Crippen molar-refractivity contribution >= 4 is 22.1 Å². The van der Waals surface area contributed by atoms with Crippen LogP contribution in [0.25, 0.3) is 6.08 Å². The Labute approximate surface area is 148 Å². The van der Waals surface area contributed by atoms with E-state index in [1.807, 2.05) is 61.5 Å². The Balaban J connectivity index is 1.74. The normalized spacial score (nSPS) is 11.6. The first-order valence-electron chi connectivity index (χ1n) is 7.88. The van der Waals surface area contributed by atoms with Gasteiger partial charge in [0.25, 0.3) is 0 Å². The molecule has 2 aromatic rings. The molecule has 5 nitrogen and oxygen atoms in total. The molecule has 2 aromatic carbocycles. The Hall–Kier alpha value is -2.44. The lowest BCUT2D eigenvalue weighted by Gasteiger charge is -2.05. The van der Waals surface area contributed by atoms with Gasteiger partial charge in [0.2, 0.25) is 10.0 Å². The zero-order chi connectivity index (χ0) is 18.1. The molecule has 1 N–H and O–H groups in total. The molecule has 0 spiro atoms. The van der Waals surface area contributed by atoms with E-state index in [1.54, 1.807) is 0 Å². The summed E-state index contributed by atoms with van der Waals surface area (Å²) < 4.78 is 31.2. The Morgan fingerprint density at radius 2 is 1.76 bits per heavy atom. The van der Waals surface area contributed by atoms with Crippen LogP contribution in [0.1, 0.15) is 23.1 Å². The van der Waals surface area contributed by atoms with E-state index >= 15 is 0 Å². The number of hydrogen-bond donors (Lipinski definition) is 1. The third kappa shape index (κ3) is 7.32. The van der Waals surface area contributed by atoms with Gasteiger partial charge in [-0.25, -0.2) is 13.1 Å². The number of benzene rings is 2. The maximum absolute atomic E-state index is 11.9. The maximum atomic E-state index is 11.9. The highest BCUT2D eigenvalue weighted by molar-refractivity contribution is 7.92. The van der Waals surface area contributed by atoms with E-state index in [0.717, 1.165) is 22.1 Å². The SMILES string of the molecule is Cc1ccc(/C=C/S(=O)(=O)NCCC(=O)OCc2ccccc2)cc1. The van der Waals surface area contributed by atoms with Crippen molar-refractivity contribution in [3.63, 3.8) is 0 Å². The second kappa shape index (κ2) is 9.15. The molecule has 0 radical (unpaired) electrons. The summed E-state index contributed by atoms with van der Waals surface area (Å²) in [5.74, 6) is -0.450. The zero-order valence-corrected chi connectivity index (χ0v) is 14.8. The molecular weight excluding hydrogens is 338 g/mol. The van der Waals surface area contributed by atoms with Gasteiger partial charge >= 0.3 is 5.97 Å². The molecule has 6 heteroatoms. The summed E-state index contributed by atoms with van der Waals surface area (Å²) >= 11 is 0. The van der Waals surface area contributed by atoms with Gasteiger partial charge in [-0.15, -0.1) is 0 Å². The quantitative estimate of drug-likeness (QED) is 0.736. The highest BCUT2D eigenvalue weighted by Crippen LogP contribution is 2.06. The second-order valence-electron chi connectivity index (χ2n) is 5.55. The molecule has 25 heavy (non-hydrogen) atoms. The van der Waals surface area contributed by atoms with Gasteiger partial charge in [-0.3, -0.25) is 4.79 Å². The first-order valence-corrected chi connectivity index (χ1v) is 9.43. The largest absolute Gasteiger partial charge is 0.461 e. The third-order valence-corrected chi connectivity index (χ3v) is 4.49. The number of esters is 1. The van der Waals surface area contributed by atoms with Crippen molar-refractivity contribution in [3.05, 3.63) is 76.7 Å². The van der Waals surface area contributed by atoms with Crippen molar-refractivity contribution in [2.75, 3.05) is 6.54 Å². The Morgan fingerprint density at radius 1 is 1.08 bits per heavy atom. The van der Waals surface area contributed by atoms with Gasteiger partial charge in [0.1, 0.15) is 6.61 Å². The molecule has 0 saturated carbocycles. The van der Waals surface area contributed by atoms with Crippen LogP contribution in [0.15, 0.2) is 60.0 Å².